The van der Waals surface area contributed by atoms with Gasteiger partial charge in [-0.05, 0) is 107 Å². The van der Waals surface area contributed by atoms with Gasteiger partial charge in [0, 0.05) is 5.41 Å². The second-order valence-electron chi connectivity index (χ2n) is 12.5. The molecule has 2 unspecified atom stereocenters. The quantitative estimate of drug-likeness (QED) is 0.431. The maximum absolute atomic E-state index is 13.7. The van der Waals surface area contributed by atoms with Crippen LogP contribution < -0.4 is 0 Å². The highest BCUT2D eigenvalue weighted by Crippen LogP contribution is 2.57. The second-order valence-corrected chi connectivity index (χ2v) is 12.5. The van der Waals surface area contributed by atoms with Crippen LogP contribution in [-0.4, -0.2) is 18.0 Å². The van der Waals surface area contributed by atoms with Crippen LogP contribution >= 0.6 is 0 Å². The van der Waals surface area contributed by atoms with Gasteiger partial charge >= 0.3 is 0 Å². The molecule has 170 valence electrons. The second kappa shape index (κ2) is 8.87. The third-order valence-electron chi connectivity index (χ3n) is 10.3. The summed E-state index contributed by atoms with van der Waals surface area (Å²) in [5.74, 6) is 4.86. The zero-order valence-corrected chi connectivity index (χ0v) is 19.6. The van der Waals surface area contributed by atoms with Gasteiger partial charge in [0.25, 0.3) is 0 Å². The van der Waals surface area contributed by atoms with Crippen molar-refractivity contribution < 1.29 is 9.53 Å². The summed E-state index contributed by atoms with van der Waals surface area (Å²) in [5.41, 5.74) is -0.0110. The highest BCUT2D eigenvalue weighted by atomic mass is 16.5. The Balaban J connectivity index is 1.29. The third-order valence-corrected chi connectivity index (χ3v) is 10.3. The van der Waals surface area contributed by atoms with E-state index in [0.717, 1.165) is 29.6 Å². The van der Waals surface area contributed by atoms with E-state index in [1.807, 2.05) is 0 Å². The number of ether oxygens (including phenoxy) is 1. The predicted molar refractivity (Wildman–Crippen MR) is 122 cm³/mol. The van der Waals surface area contributed by atoms with Crippen molar-refractivity contribution in [3.8, 4) is 0 Å². The molecule has 0 amide bonds. The molecule has 0 aromatic rings. The fourth-order valence-electron chi connectivity index (χ4n) is 8.93. The maximum Gasteiger partial charge on any atom is 0.164 e. The Morgan fingerprint density at radius 1 is 0.800 bits per heavy atom. The van der Waals surface area contributed by atoms with Gasteiger partial charge in [-0.1, -0.05) is 45.4 Å². The Morgan fingerprint density at radius 2 is 1.47 bits per heavy atom. The first-order valence-corrected chi connectivity index (χ1v) is 13.8. The molecule has 0 radical (unpaired) electrons. The van der Waals surface area contributed by atoms with Crippen LogP contribution in [0.25, 0.3) is 0 Å². The number of hydrogen-bond donors (Lipinski definition) is 0. The Hall–Kier alpha value is -0.370. The van der Waals surface area contributed by atoms with E-state index in [1.54, 1.807) is 0 Å². The minimum absolute atomic E-state index is 0.0000196. The standard InChI is InChI=1S/C28H46O2/c1-2-3-10-28(12-9-21-6-4-5-7-23(13-21)19-28)30-20-26(29)27-11-8-22-14-24(17-27)16-25(15-22)18-27/h21-25H,2-20H2,1H3/t21-,22?,23-,24?,25?,27?,28-/m1/s1. The molecule has 30 heavy (non-hydrogen) atoms. The number of Topliss-reactive ketones (excluding diaryl/α,β-unsaturated/α-hetero) is 1. The molecule has 0 aromatic heterocycles. The minimum atomic E-state index is -0.0110. The van der Waals surface area contributed by atoms with Crippen molar-refractivity contribution in [3.63, 3.8) is 0 Å². The molecule has 2 heteroatoms. The molecular formula is C28H46O2. The smallest absolute Gasteiger partial charge is 0.164 e. The van der Waals surface area contributed by atoms with E-state index < -0.39 is 0 Å². The van der Waals surface area contributed by atoms with Crippen LogP contribution in [-0.2, 0) is 9.53 Å². The summed E-state index contributed by atoms with van der Waals surface area (Å²) in [6, 6.07) is 0. The highest BCUT2D eigenvalue weighted by molar-refractivity contribution is 5.86. The van der Waals surface area contributed by atoms with E-state index in [-0.39, 0.29) is 11.0 Å². The average molecular weight is 415 g/mol. The van der Waals surface area contributed by atoms with Crippen LogP contribution in [0.4, 0.5) is 0 Å². The van der Waals surface area contributed by atoms with Gasteiger partial charge < -0.3 is 4.74 Å². The fourth-order valence-corrected chi connectivity index (χ4v) is 8.93. The first-order valence-electron chi connectivity index (χ1n) is 13.8. The van der Waals surface area contributed by atoms with E-state index >= 15 is 0 Å². The monoisotopic (exact) mass is 414 g/mol. The molecule has 6 aliphatic carbocycles. The SMILES string of the molecule is CCCC[C@@]1(OCC(=O)C23CCC4CC(CC(C4)C2)C3)CC[C@H]2CCCC[C@H](C2)C1. The Kier molecular flexibility index (Phi) is 6.35. The first kappa shape index (κ1) is 21.5. The molecule has 0 spiro atoms. The third kappa shape index (κ3) is 4.41. The van der Waals surface area contributed by atoms with Crippen LogP contribution in [0.5, 0.6) is 0 Å². The Labute approximate surface area is 185 Å². The lowest BCUT2D eigenvalue weighted by Crippen LogP contribution is -2.44. The van der Waals surface area contributed by atoms with Crippen LogP contribution in [0.2, 0.25) is 0 Å². The molecule has 6 bridgehead atoms. The van der Waals surface area contributed by atoms with Crippen LogP contribution in [0.1, 0.15) is 122 Å². The summed E-state index contributed by atoms with van der Waals surface area (Å²) in [5, 5.41) is 0. The molecule has 0 saturated heterocycles. The molecule has 6 saturated carbocycles. The van der Waals surface area contributed by atoms with Crippen LogP contribution in [0, 0.1) is 35.0 Å². The van der Waals surface area contributed by atoms with E-state index in [4.69, 9.17) is 4.74 Å². The summed E-state index contributed by atoms with van der Waals surface area (Å²) in [4.78, 5) is 13.7. The molecule has 0 aromatic carbocycles. The van der Waals surface area contributed by atoms with Crippen molar-refractivity contribution in [2.24, 2.45) is 35.0 Å². The molecule has 6 rings (SSSR count). The number of carbonyl (C=O) groups is 1. The average Bonchev–Trinajstić information content (AvgIpc) is 3.16. The number of hydrogen-bond acceptors (Lipinski definition) is 2. The first-order chi connectivity index (χ1) is 14.6. The molecule has 6 fully saturated rings. The van der Waals surface area contributed by atoms with Gasteiger partial charge in [-0.25, -0.2) is 0 Å². The Bertz CT molecular complexity index is 598. The van der Waals surface area contributed by atoms with Gasteiger partial charge in [-0.15, -0.1) is 0 Å². The molecule has 2 nitrogen and oxygen atoms in total. The van der Waals surface area contributed by atoms with Crippen LogP contribution in [0.3, 0.4) is 0 Å². The molecule has 5 atom stereocenters. The zero-order valence-electron chi connectivity index (χ0n) is 19.6. The van der Waals surface area contributed by atoms with Crippen molar-refractivity contribution in [2.75, 3.05) is 6.61 Å². The lowest BCUT2D eigenvalue weighted by Gasteiger charge is -2.45. The van der Waals surface area contributed by atoms with Crippen LogP contribution in [0.15, 0.2) is 0 Å². The normalized spacial score (nSPS) is 45.6. The Morgan fingerprint density at radius 3 is 2.23 bits per heavy atom. The summed E-state index contributed by atoms with van der Waals surface area (Å²) >= 11 is 0. The largest absolute Gasteiger partial charge is 0.367 e. The number of unbranched alkanes of at least 4 members (excludes halogenated alkanes) is 1. The van der Waals surface area contributed by atoms with E-state index in [9.17, 15) is 4.79 Å². The number of fused-ring (bicyclic) bond motifs is 3. The van der Waals surface area contributed by atoms with E-state index in [1.165, 1.54) is 116 Å². The van der Waals surface area contributed by atoms with Gasteiger partial charge in [0.1, 0.15) is 6.61 Å². The van der Waals surface area contributed by atoms with E-state index in [2.05, 4.69) is 6.92 Å². The van der Waals surface area contributed by atoms with E-state index in [0.29, 0.717) is 12.4 Å². The highest BCUT2D eigenvalue weighted by Gasteiger charge is 2.51. The summed E-state index contributed by atoms with van der Waals surface area (Å²) < 4.78 is 6.84. The summed E-state index contributed by atoms with van der Waals surface area (Å²) in [6.07, 6.45) is 23.7. The van der Waals surface area contributed by atoms with Gasteiger partial charge in [0.05, 0.1) is 5.60 Å². The van der Waals surface area contributed by atoms with Crippen molar-refractivity contribution >= 4 is 5.78 Å². The summed E-state index contributed by atoms with van der Waals surface area (Å²) in [6.45, 7) is 2.73. The van der Waals surface area contributed by atoms with Gasteiger partial charge in [-0.2, -0.15) is 0 Å². The summed E-state index contributed by atoms with van der Waals surface area (Å²) in [7, 11) is 0. The van der Waals surface area contributed by atoms with Crippen molar-refractivity contribution in [3.05, 3.63) is 0 Å². The number of carbonyl (C=O) groups excluding carboxylic acids is 1. The maximum atomic E-state index is 13.7. The number of ketones is 1. The molecule has 0 N–H and O–H groups in total. The molecule has 6 aliphatic rings. The van der Waals surface area contributed by atoms with Crippen molar-refractivity contribution in [1.29, 1.82) is 0 Å². The molecule has 0 heterocycles. The van der Waals surface area contributed by atoms with Crippen molar-refractivity contribution in [1.82, 2.24) is 0 Å². The fraction of sp³-hybridized carbons (Fsp3) is 0.964. The topological polar surface area (TPSA) is 26.3 Å². The van der Waals surface area contributed by atoms with Gasteiger partial charge in [-0.3, -0.25) is 4.79 Å². The zero-order chi connectivity index (χ0) is 20.6. The van der Waals surface area contributed by atoms with Crippen molar-refractivity contribution in [2.45, 2.75) is 128 Å². The predicted octanol–water partition coefficient (Wildman–Crippen LogP) is 7.49. The van der Waals surface area contributed by atoms with Gasteiger partial charge in [0.15, 0.2) is 5.78 Å². The minimum Gasteiger partial charge on any atom is -0.367 e. The lowest BCUT2D eigenvalue weighted by molar-refractivity contribution is -0.148. The molecular weight excluding hydrogens is 368 g/mol. The lowest BCUT2D eigenvalue weighted by atomic mass is 9.60. The van der Waals surface area contributed by atoms with Gasteiger partial charge in [0.2, 0.25) is 0 Å². The molecule has 0 aliphatic heterocycles. The number of rotatable bonds is 7.